The van der Waals surface area contributed by atoms with Gasteiger partial charge in [0.1, 0.15) is 31.5 Å². The van der Waals surface area contributed by atoms with Crippen LogP contribution in [0.1, 0.15) is 36.8 Å². The highest BCUT2D eigenvalue weighted by atomic mass is 79.9. The highest BCUT2D eigenvalue weighted by molar-refractivity contribution is 9.10. The Morgan fingerprint density at radius 2 is 2.00 bits per heavy atom. The number of carbonyl (C=O) groups is 3. The molecule has 0 aliphatic carbocycles. The van der Waals surface area contributed by atoms with Crippen molar-refractivity contribution >= 4 is 42.3 Å². The highest BCUT2D eigenvalue weighted by Crippen LogP contribution is 2.36. The van der Waals surface area contributed by atoms with Gasteiger partial charge in [0, 0.05) is 37.7 Å². The maximum atomic E-state index is 13.6. The second kappa shape index (κ2) is 15.3. The van der Waals surface area contributed by atoms with Crippen LogP contribution < -0.4 is 5.32 Å². The number of nitrogens with one attached hydrogen (secondary N) is 1. The van der Waals surface area contributed by atoms with Gasteiger partial charge in [-0.3, -0.25) is 4.79 Å². The van der Waals surface area contributed by atoms with Crippen molar-refractivity contribution in [3.05, 3.63) is 40.3 Å². The predicted octanol–water partition coefficient (Wildman–Crippen LogP) is 4.75. The lowest BCUT2D eigenvalue weighted by molar-refractivity contribution is -0.135. The van der Waals surface area contributed by atoms with Crippen LogP contribution in [0.5, 0.6) is 0 Å². The molecule has 0 bridgehead atoms. The largest absolute Gasteiger partial charge is 0.453 e. The molecule has 1 aliphatic heterocycles. The van der Waals surface area contributed by atoms with Crippen LogP contribution in [-0.4, -0.2) is 73.7 Å². The van der Waals surface area contributed by atoms with Crippen LogP contribution in [0.4, 0.5) is 4.79 Å². The van der Waals surface area contributed by atoms with Crippen molar-refractivity contribution in [2.75, 3.05) is 26.9 Å². The maximum Gasteiger partial charge on any atom is 0.407 e. The number of halogens is 1. The van der Waals surface area contributed by atoms with Crippen LogP contribution in [0.25, 0.3) is 11.3 Å². The van der Waals surface area contributed by atoms with Crippen LogP contribution in [0.2, 0.25) is 25.7 Å². The molecule has 1 aromatic carbocycles. The van der Waals surface area contributed by atoms with E-state index in [1.807, 2.05) is 28.8 Å². The zero-order valence-electron chi connectivity index (χ0n) is 24.2. The number of aromatic nitrogens is 2. The minimum atomic E-state index is -1.32. The second-order valence-electron chi connectivity index (χ2n) is 11.0. The number of rotatable bonds is 14. The van der Waals surface area contributed by atoms with Gasteiger partial charge in [0.25, 0.3) is 0 Å². The molecule has 0 radical (unpaired) electrons. The van der Waals surface area contributed by atoms with E-state index in [2.05, 4.69) is 51.5 Å². The normalized spacial score (nSPS) is 15.8. The molecule has 1 N–H and O–H groups in total. The molecule has 2 heterocycles. The Morgan fingerprint density at radius 3 is 2.63 bits per heavy atom. The maximum absolute atomic E-state index is 13.6. The van der Waals surface area contributed by atoms with Crippen molar-refractivity contribution in [3.8, 4) is 23.6 Å². The summed E-state index contributed by atoms with van der Waals surface area (Å²) in [5, 5.41) is 2.49. The van der Waals surface area contributed by atoms with Crippen LogP contribution >= 0.6 is 15.9 Å². The Balaban J connectivity index is 2.05. The Morgan fingerprint density at radius 1 is 1.27 bits per heavy atom. The van der Waals surface area contributed by atoms with Gasteiger partial charge >= 0.3 is 6.09 Å². The average Bonchev–Trinajstić information content (AvgIpc) is 3.55. The highest BCUT2D eigenvalue weighted by Gasteiger charge is 2.38. The number of ether oxygens (including phenoxy) is 3. The van der Waals surface area contributed by atoms with E-state index in [1.54, 1.807) is 4.90 Å². The molecular formula is C29H39BrN4O6Si. The molecule has 41 heavy (non-hydrogen) atoms. The number of alkyl carbamates (subject to hydrolysis) is 1. The number of amides is 2. The lowest BCUT2D eigenvalue weighted by atomic mass is 10.1. The van der Waals surface area contributed by atoms with Crippen molar-refractivity contribution in [1.29, 1.82) is 0 Å². The van der Waals surface area contributed by atoms with Crippen LogP contribution in [0.15, 0.2) is 28.7 Å². The van der Waals surface area contributed by atoms with Gasteiger partial charge in [0.15, 0.2) is 0 Å². The van der Waals surface area contributed by atoms with E-state index in [4.69, 9.17) is 20.9 Å². The van der Waals surface area contributed by atoms with E-state index in [0.717, 1.165) is 33.9 Å². The molecule has 222 valence electrons. The quantitative estimate of drug-likeness (QED) is 0.136. The van der Waals surface area contributed by atoms with Gasteiger partial charge < -0.3 is 33.8 Å². The van der Waals surface area contributed by atoms with Gasteiger partial charge in [-0.2, -0.15) is 0 Å². The third kappa shape index (κ3) is 9.00. The van der Waals surface area contributed by atoms with Gasteiger partial charge in [-0.15, -0.1) is 6.42 Å². The molecule has 1 fully saturated rings. The summed E-state index contributed by atoms with van der Waals surface area (Å²) in [6.07, 6.45) is 6.53. The van der Waals surface area contributed by atoms with Crippen LogP contribution in [0.3, 0.4) is 0 Å². The van der Waals surface area contributed by atoms with Crippen molar-refractivity contribution in [2.24, 2.45) is 0 Å². The van der Waals surface area contributed by atoms with Gasteiger partial charge in [0.2, 0.25) is 5.91 Å². The first-order valence-corrected chi connectivity index (χ1v) is 18.1. The van der Waals surface area contributed by atoms with Crippen molar-refractivity contribution < 1.29 is 28.6 Å². The van der Waals surface area contributed by atoms with Crippen molar-refractivity contribution in [1.82, 2.24) is 19.8 Å². The Hall–Kier alpha value is -2.98. The van der Waals surface area contributed by atoms with Gasteiger partial charge in [-0.1, -0.05) is 53.6 Å². The number of terminal acetylenes is 1. The fourth-order valence-electron chi connectivity index (χ4n) is 4.65. The average molecular weight is 648 g/mol. The standard InChI is InChI=1S/C29H39BrN4O6Si/c1-6-16-39-19-25-26(21-9-11-22(30)12-10-21)32-27(34(25)20-40-17-18-41(3,4)5)24-8-7-14-33(24)28(36)23(13-15-35)31-29(37)38-2/h1,9-12,15,23-24H,7-8,13-14,16-20H2,2-5H3,(H,31,37). The molecule has 0 spiro atoms. The zero-order chi connectivity index (χ0) is 30.0. The fraction of sp³-hybridized carbons (Fsp3) is 0.517. The molecular weight excluding hydrogens is 608 g/mol. The Kier molecular flexibility index (Phi) is 12.1. The summed E-state index contributed by atoms with van der Waals surface area (Å²) in [5.41, 5.74) is 2.40. The predicted molar refractivity (Wildman–Crippen MR) is 162 cm³/mol. The molecule has 3 rings (SSSR count). The first-order chi connectivity index (χ1) is 19.6. The van der Waals surface area contributed by atoms with E-state index in [-0.39, 0.29) is 32.3 Å². The van der Waals surface area contributed by atoms with E-state index in [1.165, 1.54) is 7.11 Å². The van der Waals surface area contributed by atoms with Crippen LogP contribution in [0, 0.1) is 12.3 Å². The summed E-state index contributed by atoms with van der Waals surface area (Å²) in [7, 11) is -0.106. The number of methoxy groups -OCH3 is 1. The van der Waals surface area contributed by atoms with Crippen LogP contribution in [-0.2, 0) is 37.1 Å². The lowest BCUT2D eigenvalue weighted by Gasteiger charge is -2.29. The number of nitrogens with zero attached hydrogens (tertiary/aromatic N) is 3. The summed E-state index contributed by atoms with van der Waals surface area (Å²) in [4.78, 5) is 43.7. The van der Waals surface area contributed by atoms with Crippen molar-refractivity contribution in [3.63, 3.8) is 0 Å². The van der Waals surface area contributed by atoms with E-state index in [9.17, 15) is 14.4 Å². The summed E-state index contributed by atoms with van der Waals surface area (Å²) in [6.45, 7) is 8.52. The number of hydrogen-bond donors (Lipinski definition) is 1. The number of hydrogen-bond acceptors (Lipinski definition) is 7. The molecule has 2 aromatic rings. The molecule has 1 saturated heterocycles. The minimum absolute atomic E-state index is 0.136. The summed E-state index contributed by atoms with van der Waals surface area (Å²) < 4.78 is 19.6. The second-order valence-corrected chi connectivity index (χ2v) is 17.6. The van der Waals surface area contributed by atoms with Gasteiger partial charge in [-0.25, -0.2) is 9.78 Å². The van der Waals surface area contributed by atoms with Gasteiger partial charge in [0.05, 0.1) is 31.1 Å². The summed E-state index contributed by atoms with van der Waals surface area (Å²) in [5.74, 6) is 2.80. The monoisotopic (exact) mass is 646 g/mol. The van der Waals surface area contributed by atoms with E-state index < -0.39 is 26.3 Å². The molecule has 1 aromatic heterocycles. The van der Waals surface area contributed by atoms with E-state index >= 15 is 0 Å². The minimum Gasteiger partial charge on any atom is -0.453 e. The third-order valence-electron chi connectivity index (χ3n) is 6.80. The number of imidazole rings is 1. The Labute approximate surface area is 251 Å². The van der Waals surface area contributed by atoms with Gasteiger partial charge in [-0.05, 0) is 31.0 Å². The first kappa shape index (κ1) is 32.5. The topological polar surface area (TPSA) is 112 Å². The number of benzene rings is 1. The fourth-order valence-corrected chi connectivity index (χ4v) is 5.67. The number of aldehydes is 1. The third-order valence-corrected chi connectivity index (χ3v) is 9.03. The summed E-state index contributed by atoms with van der Waals surface area (Å²) >= 11 is 3.49. The lowest BCUT2D eigenvalue weighted by Crippen LogP contribution is -2.48. The number of likely N-dealkylation sites (tertiary alicyclic amines) is 1. The molecule has 2 atom stereocenters. The zero-order valence-corrected chi connectivity index (χ0v) is 26.7. The molecule has 2 amide bonds. The molecule has 12 heteroatoms. The first-order valence-electron chi connectivity index (χ1n) is 13.6. The smallest absolute Gasteiger partial charge is 0.407 e. The van der Waals surface area contributed by atoms with Crippen molar-refractivity contribution in [2.45, 2.75) is 70.4 Å². The molecule has 0 saturated carbocycles. The van der Waals surface area contributed by atoms with E-state index in [0.29, 0.717) is 31.7 Å². The summed E-state index contributed by atoms with van der Waals surface area (Å²) in [6, 6.07) is 7.38. The molecule has 1 aliphatic rings. The SMILES string of the molecule is C#CCOCc1c(-c2ccc(Br)cc2)nc(C2CCCN2C(=O)C(CC=O)NC(=O)OC)n1COCC[Si](C)(C)C. The molecule has 2 unspecified atom stereocenters. The molecule has 10 nitrogen and oxygen atoms in total. The number of carbonyl (C=O) groups excluding carboxylic acids is 3. The Bertz CT molecular complexity index is 1240.